The van der Waals surface area contributed by atoms with E-state index in [2.05, 4.69) is 49.1 Å². The van der Waals surface area contributed by atoms with Gasteiger partial charge in [-0.25, -0.2) is 4.98 Å². The minimum Gasteiger partial charge on any atom is -0.465 e. The SMILES string of the molecule is Cc1ncsc1CN(C)Cc1cc(CNC(C)C)oc1C. The number of nitrogens with one attached hydrogen (secondary N) is 1. The van der Waals surface area contributed by atoms with Crippen molar-refractivity contribution >= 4 is 11.3 Å². The van der Waals surface area contributed by atoms with Gasteiger partial charge in [-0.15, -0.1) is 11.3 Å². The summed E-state index contributed by atoms with van der Waals surface area (Å²) in [5.74, 6) is 2.03. The molecule has 2 heterocycles. The molecule has 0 unspecified atom stereocenters. The van der Waals surface area contributed by atoms with Gasteiger partial charge in [-0.1, -0.05) is 13.8 Å². The predicted octanol–water partition coefficient (Wildman–Crippen LogP) is 3.48. The summed E-state index contributed by atoms with van der Waals surface area (Å²) in [6, 6.07) is 2.64. The van der Waals surface area contributed by atoms with E-state index in [1.165, 1.54) is 10.4 Å². The molecule has 0 aromatic carbocycles. The van der Waals surface area contributed by atoms with Crippen molar-refractivity contribution < 1.29 is 4.42 Å². The second-order valence-corrected chi connectivity index (χ2v) is 6.80. The van der Waals surface area contributed by atoms with E-state index in [1.54, 1.807) is 11.3 Å². The third-order valence-corrected chi connectivity index (χ3v) is 4.37. The van der Waals surface area contributed by atoms with Gasteiger partial charge >= 0.3 is 0 Å². The van der Waals surface area contributed by atoms with E-state index in [-0.39, 0.29) is 0 Å². The van der Waals surface area contributed by atoms with Crippen molar-refractivity contribution in [2.45, 2.75) is 53.4 Å². The molecule has 2 aromatic rings. The molecule has 0 saturated heterocycles. The van der Waals surface area contributed by atoms with E-state index in [4.69, 9.17) is 4.42 Å². The number of aryl methyl sites for hydroxylation is 2. The second-order valence-electron chi connectivity index (χ2n) is 5.86. The van der Waals surface area contributed by atoms with Gasteiger partial charge in [-0.3, -0.25) is 4.90 Å². The van der Waals surface area contributed by atoms with Crippen molar-refractivity contribution in [3.05, 3.63) is 39.2 Å². The lowest BCUT2D eigenvalue weighted by Crippen LogP contribution is -2.21. The van der Waals surface area contributed by atoms with Gasteiger partial charge < -0.3 is 9.73 Å². The number of thiazole rings is 1. The van der Waals surface area contributed by atoms with Gasteiger partial charge in [0.25, 0.3) is 0 Å². The molecule has 0 saturated carbocycles. The fourth-order valence-corrected chi connectivity index (χ4v) is 3.06. The van der Waals surface area contributed by atoms with Crippen molar-refractivity contribution in [1.82, 2.24) is 15.2 Å². The zero-order valence-corrected chi connectivity index (χ0v) is 14.4. The standard InChI is InChI=1S/C16H25N3OS/c1-11(2)17-7-15-6-14(13(4)20-15)8-19(5)9-16-12(3)18-10-21-16/h6,10-11,17H,7-9H2,1-5H3. The Balaban J connectivity index is 1.94. The minimum absolute atomic E-state index is 0.468. The Kier molecular flexibility index (Phi) is 5.56. The van der Waals surface area contributed by atoms with Gasteiger partial charge in [0.05, 0.1) is 17.7 Å². The highest BCUT2D eigenvalue weighted by Crippen LogP contribution is 2.19. The summed E-state index contributed by atoms with van der Waals surface area (Å²) in [4.78, 5) is 7.94. The summed E-state index contributed by atoms with van der Waals surface area (Å²) >= 11 is 1.72. The molecule has 1 N–H and O–H groups in total. The summed E-state index contributed by atoms with van der Waals surface area (Å²) in [6.45, 7) is 11.0. The van der Waals surface area contributed by atoms with E-state index in [9.17, 15) is 0 Å². The minimum atomic E-state index is 0.468. The fourth-order valence-electron chi connectivity index (χ4n) is 2.21. The number of nitrogens with zero attached hydrogens (tertiary/aromatic N) is 2. The molecular weight excluding hydrogens is 282 g/mol. The lowest BCUT2D eigenvalue weighted by molar-refractivity contribution is 0.318. The van der Waals surface area contributed by atoms with Gasteiger partial charge in [0, 0.05) is 29.6 Å². The molecule has 2 rings (SSSR count). The summed E-state index contributed by atoms with van der Waals surface area (Å²) < 4.78 is 5.83. The average Bonchev–Trinajstić information content (AvgIpc) is 2.95. The van der Waals surface area contributed by atoms with Crippen LogP contribution in [-0.2, 0) is 19.6 Å². The highest BCUT2D eigenvalue weighted by molar-refractivity contribution is 7.09. The largest absolute Gasteiger partial charge is 0.465 e. The summed E-state index contributed by atoms with van der Waals surface area (Å²) in [7, 11) is 2.14. The Morgan fingerprint density at radius 3 is 2.71 bits per heavy atom. The number of furan rings is 1. The normalized spacial score (nSPS) is 11.8. The van der Waals surface area contributed by atoms with Gasteiger partial charge in [-0.2, -0.15) is 0 Å². The molecular formula is C16H25N3OS. The van der Waals surface area contributed by atoms with Crippen molar-refractivity contribution in [3.8, 4) is 0 Å². The quantitative estimate of drug-likeness (QED) is 0.850. The van der Waals surface area contributed by atoms with E-state index in [1.807, 2.05) is 12.4 Å². The molecule has 21 heavy (non-hydrogen) atoms. The first-order valence-corrected chi connectivity index (χ1v) is 8.22. The molecule has 0 fully saturated rings. The Morgan fingerprint density at radius 2 is 2.10 bits per heavy atom. The number of hydrogen-bond acceptors (Lipinski definition) is 5. The molecule has 4 nitrogen and oxygen atoms in total. The van der Waals surface area contributed by atoms with Crippen LogP contribution in [0.4, 0.5) is 0 Å². The predicted molar refractivity (Wildman–Crippen MR) is 87.4 cm³/mol. The molecule has 0 radical (unpaired) electrons. The first-order valence-electron chi connectivity index (χ1n) is 7.34. The third-order valence-electron chi connectivity index (χ3n) is 3.45. The highest BCUT2D eigenvalue weighted by Gasteiger charge is 2.12. The van der Waals surface area contributed by atoms with Crippen LogP contribution in [0.15, 0.2) is 16.0 Å². The number of hydrogen-bond donors (Lipinski definition) is 1. The molecule has 0 aliphatic carbocycles. The maximum Gasteiger partial charge on any atom is 0.118 e. The molecule has 0 aliphatic rings. The zero-order valence-electron chi connectivity index (χ0n) is 13.6. The Labute approximate surface area is 131 Å². The molecule has 2 aromatic heterocycles. The molecule has 5 heteroatoms. The van der Waals surface area contributed by atoms with Crippen molar-refractivity contribution in [2.24, 2.45) is 0 Å². The van der Waals surface area contributed by atoms with E-state index < -0.39 is 0 Å². The van der Waals surface area contributed by atoms with Crippen LogP contribution in [0.1, 0.15) is 41.5 Å². The third kappa shape index (κ3) is 4.66. The number of aromatic nitrogens is 1. The average molecular weight is 307 g/mol. The molecule has 0 bridgehead atoms. The van der Waals surface area contributed by atoms with Crippen LogP contribution in [0, 0.1) is 13.8 Å². The Morgan fingerprint density at radius 1 is 1.33 bits per heavy atom. The van der Waals surface area contributed by atoms with E-state index >= 15 is 0 Å². The molecule has 0 atom stereocenters. The molecule has 0 spiro atoms. The highest BCUT2D eigenvalue weighted by atomic mass is 32.1. The lowest BCUT2D eigenvalue weighted by Gasteiger charge is -2.15. The van der Waals surface area contributed by atoms with Crippen molar-refractivity contribution in [3.63, 3.8) is 0 Å². The second kappa shape index (κ2) is 7.20. The maximum atomic E-state index is 5.83. The molecule has 0 aliphatic heterocycles. The smallest absolute Gasteiger partial charge is 0.118 e. The summed E-state index contributed by atoms with van der Waals surface area (Å²) in [5, 5.41) is 3.39. The number of rotatable bonds is 7. The fraction of sp³-hybridized carbons (Fsp3) is 0.562. The first kappa shape index (κ1) is 16.2. The van der Waals surface area contributed by atoms with Crippen LogP contribution in [0.2, 0.25) is 0 Å². The van der Waals surface area contributed by atoms with Gasteiger partial charge in [-0.05, 0) is 27.0 Å². The van der Waals surface area contributed by atoms with E-state index in [0.29, 0.717) is 6.04 Å². The van der Waals surface area contributed by atoms with Crippen LogP contribution in [-0.4, -0.2) is 23.0 Å². The molecule has 116 valence electrons. The molecule has 0 amide bonds. The first-order chi connectivity index (χ1) is 9.95. The van der Waals surface area contributed by atoms with Gasteiger partial charge in [0.15, 0.2) is 0 Å². The monoisotopic (exact) mass is 307 g/mol. The van der Waals surface area contributed by atoms with E-state index in [0.717, 1.165) is 36.8 Å². The van der Waals surface area contributed by atoms with Crippen LogP contribution >= 0.6 is 11.3 Å². The lowest BCUT2D eigenvalue weighted by atomic mass is 10.2. The maximum absolute atomic E-state index is 5.83. The summed E-state index contributed by atoms with van der Waals surface area (Å²) in [5.41, 5.74) is 4.31. The van der Waals surface area contributed by atoms with Crippen molar-refractivity contribution in [1.29, 1.82) is 0 Å². The van der Waals surface area contributed by atoms with Gasteiger partial charge in [0.1, 0.15) is 11.5 Å². The van der Waals surface area contributed by atoms with Crippen LogP contribution < -0.4 is 5.32 Å². The van der Waals surface area contributed by atoms with Gasteiger partial charge in [0.2, 0.25) is 0 Å². The topological polar surface area (TPSA) is 41.3 Å². The summed E-state index contributed by atoms with van der Waals surface area (Å²) in [6.07, 6.45) is 0. The van der Waals surface area contributed by atoms with Crippen LogP contribution in [0.5, 0.6) is 0 Å². The van der Waals surface area contributed by atoms with Crippen molar-refractivity contribution in [2.75, 3.05) is 7.05 Å². The Bertz CT molecular complexity index is 574. The Hall–Kier alpha value is -1.17. The van der Waals surface area contributed by atoms with Crippen LogP contribution in [0.3, 0.4) is 0 Å². The zero-order chi connectivity index (χ0) is 15.4. The van der Waals surface area contributed by atoms with Crippen LogP contribution in [0.25, 0.3) is 0 Å².